The number of carboxylic acids is 1. The minimum Gasteiger partial charge on any atom is -0.478 e. The number of alkyl halides is 3. The van der Waals surface area contributed by atoms with E-state index in [4.69, 9.17) is 4.74 Å². The number of aromatic carboxylic acids is 1. The molecule has 1 N–H and O–H groups in total. The number of ether oxygens (including phenoxy) is 1. The molecule has 8 nitrogen and oxygen atoms in total. The van der Waals surface area contributed by atoms with Gasteiger partial charge in [-0.1, -0.05) is 19.1 Å². The highest BCUT2D eigenvalue weighted by Crippen LogP contribution is 2.40. The van der Waals surface area contributed by atoms with Crippen LogP contribution in [0.4, 0.5) is 18.9 Å². The molecule has 0 aromatic heterocycles. The van der Waals surface area contributed by atoms with Gasteiger partial charge in [-0.2, -0.15) is 13.2 Å². The quantitative estimate of drug-likeness (QED) is 0.444. The van der Waals surface area contributed by atoms with Crippen molar-refractivity contribution in [3.8, 4) is 11.5 Å². The summed E-state index contributed by atoms with van der Waals surface area (Å²) in [6.07, 6.45) is 0.149. The van der Waals surface area contributed by atoms with Gasteiger partial charge in [0.25, 0.3) is 0 Å². The Balaban J connectivity index is 1.70. The zero-order valence-electron chi connectivity index (χ0n) is 22.4. The first kappa shape index (κ1) is 29.9. The third kappa shape index (κ3) is 6.77. The van der Waals surface area contributed by atoms with Crippen molar-refractivity contribution in [3.05, 3.63) is 53.6 Å². The number of halogens is 3. The summed E-state index contributed by atoms with van der Waals surface area (Å²) in [5.41, 5.74) is -1.17. The topological polar surface area (TPSA) is 104 Å². The number of piperidine rings is 1. The minimum absolute atomic E-state index is 0.116. The molecule has 12 heteroatoms. The molecule has 1 aliphatic heterocycles. The summed E-state index contributed by atoms with van der Waals surface area (Å²) in [6.45, 7) is 2.50. The molecule has 4 rings (SSSR count). The molecule has 1 saturated carbocycles. The van der Waals surface area contributed by atoms with Gasteiger partial charge < -0.3 is 14.7 Å². The molecule has 2 fully saturated rings. The molecule has 2 aliphatic rings. The average Bonchev–Trinajstić information content (AvgIpc) is 2.89. The number of amides is 1. The average molecular weight is 583 g/mol. The van der Waals surface area contributed by atoms with Gasteiger partial charge in [-0.05, 0) is 74.8 Å². The summed E-state index contributed by atoms with van der Waals surface area (Å²) in [5, 5.41) is 10.1. The Hall–Kier alpha value is -3.12. The number of nitrogens with zero attached hydrogens (tertiary/aromatic N) is 2. The first-order chi connectivity index (χ1) is 18.8. The maximum absolute atomic E-state index is 13.9. The van der Waals surface area contributed by atoms with Crippen LogP contribution in [-0.2, 0) is 21.0 Å². The molecule has 0 spiro atoms. The van der Waals surface area contributed by atoms with Crippen molar-refractivity contribution < 1.29 is 41.0 Å². The molecular weight excluding hydrogens is 549 g/mol. The molecule has 0 unspecified atom stereocenters. The van der Waals surface area contributed by atoms with Gasteiger partial charge in [0.05, 0.1) is 23.1 Å². The highest BCUT2D eigenvalue weighted by atomic mass is 32.2. The fraction of sp³-hybridized carbons (Fsp3) is 0.500. The molecule has 40 heavy (non-hydrogen) atoms. The summed E-state index contributed by atoms with van der Waals surface area (Å²) < 4.78 is 71.3. The predicted molar refractivity (Wildman–Crippen MR) is 143 cm³/mol. The molecule has 2 aromatic rings. The van der Waals surface area contributed by atoms with Crippen LogP contribution in [0, 0.1) is 11.8 Å². The van der Waals surface area contributed by atoms with Crippen molar-refractivity contribution in [2.75, 3.05) is 24.2 Å². The lowest BCUT2D eigenvalue weighted by Crippen LogP contribution is -2.51. The van der Waals surface area contributed by atoms with Crippen LogP contribution < -0.4 is 9.64 Å². The van der Waals surface area contributed by atoms with E-state index in [9.17, 15) is 36.3 Å². The summed E-state index contributed by atoms with van der Waals surface area (Å²) in [5.74, 6) is -2.00. The van der Waals surface area contributed by atoms with Gasteiger partial charge in [0.1, 0.15) is 11.5 Å². The van der Waals surface area contributed by atoms with Gasteiger partial charge >= 0.3 is 12.1 Å². The third-order valence-electron chi connectivity index (χ3n) is 7.74. The van der Waals surface area contributed by atoms with E-state index in [2.05, 4.69) is 6.92 Å². The van der Waals surface area contributed by atoms with E-state index in [0.29, 0.717) is 31.6 Å². The lowest BCUT2D eigenvalue weighted by Gasteiger charge is -2.40. The van der Waals surface area contributed by atoms with Crippen LogP contribution in [0.15, 0.2) is 42.5 Å². The fourth-order valence-corrected chi connectivity index (χ4v) is 6.38. The Bertz CT molecular complexity index is 1350. The molecule has 1 aliphatic carbocycles. The number of hydrogen-bond donors (Lipinski definition) is 1. The molecule has 218 valence electrons. The van der Waals surface area contributed by atoms with Crippen LogP contribution in [-0.4, -0.2) is 55.1 Å². The molecule has 0 radical (unpaired) electrons. The van der Waals surface area contributed by atoms with Gasteiger partial charge in [0.2, 0.25) is 15.9 Å². The number of sulfonamides is 1. The Labute approximate surface area is 231 Å². The number of carbonyl (C=O) groups is 2. The monoisotopic (exact) mass is 582 g/mol. The SMILES string of the molecule is CC1CCC(C(=O)N(c2ccc(Oc3ccccc3C(F)(F)F)cc2C(=O)O)C2CCN(S(C)(=O)=O)CC2)CC1. The number of carboxylic acid groups (broad SMARTS) is 1. The van der Waals surface area contributed by atoms with Crippen LogP contribution in [0.2, 0.25) is 0 Å². The number of benzene rings is 2. The van der Waals surface area contributed by atoms with Gasteiger partial charge in [0, 0.05) is 25.0 Å². The first-order valence-corrected chi connectivity index (χ1v) is 15.1. The second kappa shape index (κ2) is 11.8. The lowest BCUT2D eigenvalue weighted by molar-refractivity contribution is -0.138. The third-order valence-corrected chi connectivity index (χ3v) is 9.04. The van der Waals surface area contributed by atoms with Gasteiger partial charge in [-0.3, -0.25) is 4.79 Å². The largest absolute Gasteiger partial charge is 0.478 e. The summed E-state index contributed by atoms with van der Waals surface area (Å²) in [4.78, 5) is 27.8. The Morgan fingerprint density at radius 3 is 2.20 bits per heavy atom. The van der Waals surface area contributed by atoms with Crippen LogP contribution in [0.25, 0.3) is 0 Å². The normalized spacial score (nSPS) is 21.1. The lowest BCUT2D eigenvalue weighted by atomic mass is 9.81. The van der Waals surface area contributed by atoms with E-state index in [1.165, 1.54) is 33.5 Å². The maximum atomic E-state index is 13.9. The van der Waals surface area contributed by atoms with Crippen molar-refractivity contribution >= 4 is 27.6 Å². The second-order valence-corrected chi connectivity index (χ2v) is 12.6. The number of para-hydroxylation sites is 1. The van der Waals surface area contributed by atoms with Crippen LogP contribution >= 0.6 is 0 Å². The number of rotatable bonds is 7. The minimum atomic E-state index is -4.67. The number of anilines is 1. The van der Waals surface area contributed by atoms with Gasteiger partial charge in [-0.15, -0.1) is 0 Å². The highest BCUT2D eigenvalue weighted by Gasteiger charge is 2.38. The Morgan fingerprint density at radius 1 is 1.00 bits per heavy atom. The Morgan fingerprint density at radius 2 is 1.62 bits per heavy atom. The van der Waals surface area contributed by atoms with E-state index in [1.807, 2.05) is 0 Å². The van der Waals surface area contributed by atoms with Crippen molar-refractivity contribution in [1.82, 2.24) is 4.31 Å². The summed E-state index contributed by atoms with van der Waals surface area (Å²) in [7, 11) is -3.42. The van der Waals surface area contributed by atoms with Crippen LogP contribution in [0.1, 0.15) is 61.4 Å². The standard InChI is InChI=1S/C28H33F3N2O6S/c1-18-7-9-19(10-8-18)26(34)33(20-13-15-32(16-14-20)40(2,37)38)24-12-11-21(17-22(24)27(35)36)39-25-6-4-3-5-23(25)28(29,30)31/h3-6,11-12,17-20H,7-10,13-16H2,1-2H3,(H,35,36). The van der Waals surface area contributed by atoms with Crippen LogP contribution in [0.3, 0.4) is 0 Å². The number of carbonyl (C=O) groups excluding carboxylic acids is 1. The Kier molecular flexibility index (Phi) is 8.79. The smallest absolute Gasteiger partial charge is 0.419 e. The first-order valence-electron chi connectivity index (χ1n) is 13.2. The molecule has 0 bridgehead atoms. The maximum Gasteiger partial charge on any atom is 0.419 e. The summed E-state index contributed by atoms with van der Waals surface area (Å²) in [6, 6.07) is 8.05. The zero-order valence-corrected chi connectivity index (χ0v) is 23.2. The van der Waals surface area contributed by atoms with E-state index >= 15 is 0 Å². The van der Waals surface area contributed by atoms with Crippen molar-refractivity contribution in [1.29, 1.82) is 0 Å². The molecular formula is C28H33F3N2O6S. The fourth-order valence-electron chi connectivity index (χ4n) is 5.51. The molecule has 1 heterocycles. The molecule has 0 atom stereocenters. The number of hydrogen-bond acceptors (Lipinski definition) is 5. The van der Waals surface area contributed by atoms with E-state index in [0.717, 1.165) is 37.3 Å². The van der Waals surface area contributed by atoms with E-state index in [-0.39, 0.29) is 41.9 Å². The van der Waals surface area contributed by atoms with E-state index < -0.39 is 39.5 Å². The summed E-state index contributed by atoms with van der Waals surface area (Å²) >= 11 is 0. The predicted octanol–water partition coefficient (Wildman–Crippen LogP) is 5.78. The zero-order chi connectivity index (χ0) is 29.2. The van der Waals surface area contributed by atoms with Crippen molar-refractivity contribution in [2.24, 2.45) is 11.8 Å². The molecule has 1 amide bonds. The highest BCUT2D eigenvalue weighted by molar-refractivity contribution is 7.88. The van der Waals surface area contributed by atoms with E-state index in [1.54, 1.807) is 0 Å². The van der Waals surface area contributed by atoms with Gasteiger partial charge in [0.15, 0.2) is 0 Å². The van der Waals surface area contributed by atoms with Crippen molar-refractivity contribution in [2.45, 2.75) is 57.7 Å². The van der Waals surface area contributed by atoms with Crippen molar-refractivity contribution in [3.63, 3.8) is 0 Å². The van der Waals surface area contributed by atoms with Gasteiger partial charge in [-0.25, -0.2) is 17.5 Å². The van der Waals surface area contributed by atoms with Crippen LogP contribution in [0.5, 0.6) is 11.5 Å². The molecule has 1 saturated heterocycles. The second-order valence-electron chi connectivity index (χ2n) is 10.6. The molecule has 2 aromatic carbocycles.